The number of aliphatic hydroxyl groups is 1. The van der Waals surface area contributed by atoms with Crippen LogP contribution in [0.3, 0.4) is 0 Å². The fourth-order valence-corrected chi connectivity index (χ4v) is 1.95. The first-order valence-corrected chi connectivity index (χ1v) is 6.38. The van der Waals surface area contributed by atoms with Gasteiger partial charge in [0.2, 0.25) is 0 Å². The average molecular weight is 273 g/mol. The van der Waals surface area contributed by atoms with Crippen molar-refractivity contribution in [3.05, 3.63) is 71.5 Å². The molecule has 0 fully saturated rings. The van der Waals surface area contributed by atoms with E-state index in [2.05, 4.69) is 5.32 Å². The molecule has 104 valence electrons. The number of aliphatic hydroxyl groups excluding tert-OH is 1. The second-order valence-electron chi connectivity index (χ2n) is 4.60. The first-order chi connectivity index (χ1) is 9.59. The van der Waals surface area contributed by atoms with E-state index >= 15 is 0 Å². The molecule has 0 aliphatic heterocycles. The van der Waals surface area contributed by atoms with Gasteiger partial charge in [-0.25, -0.2) is 4.39 Å². The van der Waals surface area contributed by atoms with Crippen LogP contribution >= 0.6 is 0 Å². The number of nitrogens with one attached hydrogen (secondary N) is 1. The summed E-state index contributed by atoms with van der Waals surface area (Å²) in [4.78, 5) is 11.9. The van der Waals surface area contributed by atoms with E-state index in [0.717, 1.165) is 0 Å². The van der Waals surface area contributed by atoms with Crippen LogP contribution in [-0.4, -0.2) is 17.1 Å². The van der Waals surface area contributed by atoms with Crippen molar-refractivity contribution >= 4 is 5.91 Å². The Morgan fingerprint density at radius 1 is 1.10 bits per heavy atom. The van der Waals surface area contributed by atoms with Gasteiger partial charge in [-0.3, -0.25) is 4.79 Å². The normalized spacial score (nSPS) is 13.6. The van der Waals surface area contributed by atoms with Gasteiger partial charge in [-0.15, -0.1) is 0 Å². The van der Waals surface area contributed by atoms with Crippen LogP contribution in [0.15, 0.2) is 54.6 Å². The molecular formula is C16H16FNO2. The van der Waals surface area contributed by atoms with Crippen LogP contribution in [0, 0.1) is 5.82 Å². The SMILES string of the molecule is C[C@@H](NC(=O)c1ccccc1F)[C@H](O)c1ccccc1. The van der Waals surface area contributed by atoms with E-state index in [-0.39, 0.29) is 5.56 Å². The van der Waals surface area contributed by atoms with E-state index in [1.165, 1.54) is 18.2 Å². The molecule has 2 atom stereocenters. The van der Waals surface area contributed by atoms with Crippen molar-refractivity contribution in [3.63, 3.8) is 0 Å². The fraction of sp³-hybridized carbons (Fsp3) is 0.188. The van der Waals surface area contributed by atoms with Crippen LogP contribution < -0.4 is 5.32 Å². The first kappa shape index (κ1) is 14.2. The van der Waals surface area contributed by atoms with E-state index in [4.69, 9.17) is 0 Å². The summed E-state index contributed by atoms with van der Waals surface area (Å²) in [5.41, 5.74) is 0.674. The molecule has 2 aromatic rings. The van der Waals surface area contributed by atoms with Crippen molar-refractivity contribution in [1.82, 2.24) is 5.32 Å². The lowest BCUT2D eigenvalue weighted by atomic mass is 10.0. The summed E-state index contributed by atoms with van der Waals surface area (Å²) >= 11 is 0. The number of hydrogen-bond donors (Lipinski definition) is 2. The number of benzene rings is 2. The number of hydrogen-bond acceptors (Lipinski definition) is 2. The van der Waals surface area contributed by atoms with Crippen LogP contribution in [0.2, 0.25) is 0 Å². The van der Waals surface area contributed by atoms with Gasteiger partial charge in [0.25, 0.3) is 5.91 Å². The summed E-state index contributed by atoms with van der Waals surface area (Å²) in [7, 11) is 0. The zero-order valence-corrected chi connectivity index (χ0v) is 11.1. The number of halogens is 1. The van der Waals surface area contributed by atoms with Crippen LogP contribution in [0.5, 0.6) is 0 Å². The summed E-state index contributed by atoms with van der Waals surface area (Å²) in [6.07, 6.45) is -0.841. The zero-order chi connectivity index (χ0) is 14.5. The third-order valence-electron chi connectivity index (χ3n) is 3.09. The maximum absolute atomic E-state index is 13.5. The molecule has 0 bridgehead atoms. The van der Waals surface area contributed by atoms with Gasteiger partial charge >= 0.3 is 0 Å². The molecule has 4 heteroatoms. The van der Waals surface area contributed by atoms with Crippen molar-refractivity contribution in [2.24, 2.45) is 0 Å². The minimum absolute atomic E-state index is 0.0281. The Labute approximate surface area is 117 Å². The molecular weight excluding hydrogens is 257 g/mol. The minimum atomic E-state index is -0.841. The molecule has 1 amide bonds. The number of carbonyl (C=O) groups excluding carboxylic acids is 1. The molecule has 0 heterocycles. The molecule has 2 N–H and O–H groups in total. The Hall–Kier alpha value is -2.20. The topological polar surface area (TPSA) is 49.3 Å². The maximum Gasteiger partial charge on any atom is 0.254 e. The van der Waals surface area contributed by atoms with Gasteiger partial charge in [-0.1, -0.05) is 42.5 Å². The molecule has 0 aromatic heterocycles. The third kappa shape index (κ3) is 3.22. The average Bonchev–Trinajstić information content (AvgIpc) is 2.47. The highest BCUT2D eigenvalue weighted by Gasteiger charge is 2.20. The highest BCUT2D eigenvalue weighted by Crippen LogP contribution is 2.16. The molecule has 20 heavy (non-hydrogen) atoms. The van der Waals surface area contributed by atoms with E-state index in [0.29, 0.717) is 5.56 Å². The summed E-state index contributed by atoms with van der Waals surface area (Å²) in [5, 5.41) is 12.8. The summed E-state index contributed by atoms with van der Waals surface area (Å²) < 4.78 is 13.5. The van der Waals surface area contributed by atoms with Crippen LogP contribution in [-0.2, 0) is 0 Å². The second-order valence-corrected chi connectivity index (χ2v) is 4.60. The third-order valence-corrected chi connectivity index (χ3v) is 3.09. The van der Waals surface area contributed by atoms with Crippen LogP contribution in [0.4, 0.5) is 4.39 Å². The highest BCUT2D eigenvalue weighted by molar-refractivity contribution is 5.94. The predicted octanol–water partition coefficient (Wildman–Crippen LogP) is 2.68. The molecule has 0 saturated heterocycles. The number of carbonyl (C=O) groups is 1. The van der Waals surface area contributed by atoms with Crippen molar-refractivity contribution in [2.75, 3.05) is 0 Å². The quantitative estimate of drug-likeness (QED) is 0.899. The molecule has 0 saturated carbocycles. The Balaban J connectivity index is 2.07. The second kappa shape index (κ2) is 6.30. The van der Waals surface area contributed by atoms with Crippen molar-refractivity contribution in [1.29, 1.82) is 0 Å². The van der Waals surface area contributed by atoms with Gasteiger partial charge in [0, 0.05) is 0 Å². The minimum Gasteiger partial charge on any atom is -0.386 e. The van der Waals surface area contributed by atoms with Gasteiger partial charge in [-0.2, -0.15) is 0 Å². The Morgan fingerprint density at radius 2 is 1.70 bits per heavy atom. The van der Waals surface area contributed by atoms with Gasteiger partial charge in [0.15, 0.2) is 0 Å². The smallest absolute Gasteiger partial charge is 0.254 e. The van der Waals surface area contributed by atoms with E-state index in [1.54, 1.807) is 25.1 Å². The summed E-state index contributed by atoms with van der Waals surface area (Å²) in [6.45, 7) is 1.68. The van der Waals surface area contributed by atoms with E-state index in [1.807, 2.05) is 18.2 Å². The standard InChI is InChI=1S/C16H16FNO2/c1-11(15(19)12-7-3-2-4-8-12)18-16(20)13-9-5-6-10-14(13)17/h2-11,15,19H,1H3,(H,18,20)/t11-,15+/m1/s1. The van der Waals surface area contributed by atoms with E-state index in [9.17, 15) is 14.3 Å². The first-order valence-electron chi connectivity index (χ1n) is 6.38. The molecule has 0 spiro atoms. The lowest BCUT2D eigenvalue weighted by molar-refractivity contribution is 0.0848. The van der Waals surface area contributed by atoms with Gasteiger partial charge in [0.05, 0.1) is 17.7 Å². The Bertz CT molecular complexity index is 586. The number of amides is 1. The zero-order valence-electron chi connectivity index (χ0n) is 11.1. The predicted molar refractivity (Wildman–Crippen MR) is 74.7 cm³/mol. The molecule has 2 rings (SSSR count). The molecule has 2 aromatic carbocycles. The van der Waals surface area contributed by atoms with Gasteiger partial charge in [-0.05, 0) is 24.6 Å². The highest BCUT2D eigenvalue weighted by atomic mass is 19.1. The Kier molecular flexibility index (Phi) is 4.48. The van der Waals surface area contributed by atoms with Gasteiger partial charge < -0.3 is 10.4 Å². The maximum atomic E-state index is 13.5. The lowest BCUT2D eigenvalue weighted by Crippen LogP contribution is -2.37. The van der Waals surface area contributed by atoms with Crippen molar-refractivity contribution < 1.29 is 14.3 Å². The Morgan fingerprint density at radius 3 is 2.35 bits per heavy atom. The molecule has 0 aliphatic rings. The van der Waals surface area contributed by atoms with E-state index < -0.39 is 23.9 Å². The van der Waals surface area contributed by atoms with Crippen molar-refractivity contribution in [3.8, 4) is 0 Å². The van der Waals surface area contributed by atoms with Crippen LogP contribution in [0.1, 0.15) is 28.9 Å². The largest absolute Gasteiger partial charge is 0.386 e. The van der Waals surface area contributed by atoms with Crippen molar-refractivity contribution in [2.45, 2.75) is 19.1 Å². The molecule has 0 aliphatic carbocycles. The van der Waals surface area contributed by atoms with Crippen LogP contribution in [0.25, 0.3) is 0 Å². The summed E-state index contributed by atoms with van der Waals surface area (Å²) in [5.74, 6) is -1.11. The molecule has 0 unspecified atom stereocenters. The molecule has 3 nitrogen and oxygen atoms in total. The summed E-state index contributed by atoms with van der Waals surface area (Å²) in [6, 6.07) is 14.2. The monoisotopic (exact) mass is 273 g/mol. The fourth-order valence-electron chi connectivity index (χ4n) is 1.95. The van der Waals surface area contributed by atoms with Gasteiger partial charge in [0.1, 0.15) is 5.82 Å². The number of rotatable bonds is 4. The molecule has 0 radical (unpaired) electrons. The lowest BCUT2D eigenvalue weighted by Gasteiger charge is -2.20.